The van der Waals surface area contributed by atoms with Gasteiger partial charge in [0, 0.05) is 48.4 Å². The van der Waals surface area contributed by atoms with Gasteiger partial charge in [-0.3, -0.25) is 4.90 Å². The molecule has 0 atom stereocenters. The minimum Gasteiger partial charge on any atom is -0.444 e. The molecule has 2 saturated heterocycles. The number of ether oxygens (including phenoxy) is 1. The number of halogens is 3. The average molecular weight is 572 g/mol. The van der Waals surface area contributed by atoms with Crippen LogP contribution >= 0.6 is 0 Å². The van der Waals surface area contributed by atoms with E-state index in [1.54, 1.807) is 34.1 Å². The lowest BCUT2D eigenvalue weighted by atomic mass is 9.72. The molecule has 3 amide bonds. The summed E-state index contributed by atoms with van der Waals surface area (Å²) < 4.78 is 51.2. The Balaban J connectivity index is 1.26. The van der Waals surface area contributed by atoms with Gasteiger partial charge < -0.3 is 19.0 Å². The van der Waals surface area contributed by atoms with E-state index in [0.29, 0.717) is 31.9 Å². The summed E-state index contributed by atoms with van der Waals surface area (Å²) in [7, 11) is 0. The van der Waals surface area contributed by atoms with Crippen molar-refractivity contribution in [2.24, 2.45) is 5.41 Å². The second kappa shape index (κ2) is 11.1. The largest absolute Gasteiger partial charge is 0.444 e. The highest BCUT2D eigenvalue weighted by Crippen LogP contribution is 2.41. The molecule has 3 aromatic rings. The molecular weight excluding hydrogens is 539 g/mol. The topological polar surface area (TPSA) is 92.0 Å². The van der Waals surface area contributed by atoms with Crippen molar-refractivity contribution in [2.75, 3.05) is 31.1 Å². The third-order valence-corrected chi connectivity index (χ3v) is 7.35. The van der Waals surface area contributed by atoms with Crippen LogP contribution in [0.3, 0.4) is 0 Å². The minimum absolute atomic E-state index is 0.0446. The van der Waals surface area contributed by atoms with Crippen molar-refractivity contribution in [2.45, 2.75) is 52.2 Å². The highest BCUT2D eigenvalue weighted by Gasteiger charge is 2.48. The number of carbonyl (C=O) groups is 2. The molecule has 3 heterocycles. The van der Waals surface area contributed by atoms with Gasteiger partial charge in [0.25, 0.3) is 5.89 Å². The molecule has 2 aliphatic rings. The zero-order valence-electron chi connectivity index (χ0n) is 23.1. The lowest BCUT2D eigenvalue weighted by Crippen LogP contribution is -2.64. The first-order valence-electron chi connectivity index (χ1n) is 13.4. The number of amides is 3. The minimum atomic E-state index is -2.93. The van der Waals surface area contributed by atoms with Gasteiger partial charge in [-0.25, -0.2) is 14.0 Å². The molecule has 2 aromatic carbocycles. The van der Waals surface area contributed by atoms with Crippen molar-refractivity contribution >= 4 is 17.8 Å². The van der Waals surface area contributed by atoms with E-state index < -0.39 is 23.7 Å². The summed E-state index contributed by atoms with van der Waals surface area (Å²) in [5, 5.41) is 6.85. The van der Waals surface area contributed by atoms with Crippen LogP contribution in [-0.4, -0.2) is 63.9 Å². The SMILES string of the molecule is CC(C)(C)OC(=O)N1CCC2(CC1)CN(C(=O)N(Cc1ccc(-c3nnc(C(F)F)o3)cc1F)c1ccccc1)C2. The molecule has 0 radical (unpaired) electrons. The lowest BCUT2D eigenvalue weighted by molar-refractivity contribution is -0.0311. The number of urea groups is 1. The van der Waals surface area contributed by atoms with Crippen LogP contribution in [0.4, 0.5) is 28.4 Å². The van der Waals surface area contributed by atoms with Crippen LogP contribution in [0.1, 0.15) is 51.5 Å². The third kappa shape index (κ3) is 6.31. The van der Waals surface area contributed by atoms with Crippen LogP contribution in [0.5, 0.6) is 0 Å². The number of rotatable bonds is 5. The predicted molar refractivity (Wildman–Crippen MR) is 144 cm³/mol. The van der Waals surface area contributed by atoms with Gasteiger partial charge in [-0.1, -0.05) is 24.3 Å². The normalized spacial score (nSPS) is 16.6. The van der Waals surface area contributed by atoms with Gasteiger partial charge in [-0.2, -0.15) is 8.78 Å². The number of alkyl halides is 2. The number of piperidine rings is 1. The van der Waals surface area contributed by atoms with E-state index in [9.17, 15) is 18.4 Å². The Hall–Kier alpha value is -4.09. The van der Waals surface area contributed by atoms with E-state index in [0.717, 1.165) is 18.9 Å². The van der Waals surface area contributed by atoms with Crippen molar-refractivity contribution < 1.29 is 31.9 Å². The quantitative estimate of drug-likeness (QED) is 0.358. The summed E-state index contributed by atoms with van der Waals surface area (Å²) >= 11 is 0. The zero-order chi connectivity index (χ0) is 29.4. The Morgan fingerprint density at radius 3 is 2.32 bits per heavy atom. The standard InChI is InChI=1S/C29H32F3N5O4/c1-28(2,3)41-27(39)35-13-11-29(12-14-35)17-36(18-29)26(38)37(21-7-5-4-6-8-21)16-20-10-9-19(15-22(20)30)24-33-34-25(40-24)23(31)32/h4-10,15,23H,11-14,16-18H2,1-3H3. The molecule has 1 spiro atoms. The summed E-state index contributed by atoms with van der Waals surface area (Å²) in [5.41, 5.74) is 0.383. The van der Waals surface area contributed by atoms with Crippen LogP contribution < -0.4 is 4.90 Å². The first-order chi connectivity index (χ1) is 19.4. The molecule has 12 heteroatoms. The van der Waals surface area contributed by atoms with Gasteiger partial charge >= 0.3 is 18.5 Å². The maximum absolute atomic E-state index is 15.2. The van der Waals surface area contributed by atoms with Crippen LogP contribution in [0.15, 0.2) is 52.9 Å². The number of carbonyl (C=O) groups excluding carboxylic acids is 2. The number of nitrogens with zero attached hydrogens (tertiary/aromatic N) is 5. The average Bonchev–Trinajstić information content (AvgIpc) is 3.41. The van der Waals surface area contributed by atoms with Crippen molar-refractivity contribution in [3.05, 3.63) is 65.8 Å². The van der Waals surface area contributed by atoms with Crippen LogP contribution in [0.2, 0.25) is 0 Å². The van der Waals surface area contributed by atoms with Crippen molar-refractivity contribution in [3.63, 3.8) is 0 Å². The number of anilines is 1. The second-order valence-corrected chi connectivity index (χ2v) is 11.6. The molecule has 0 N–H and O–H groups in total. The van der Waals surface area contributed by atoms with E-state index in [1.165, 1.54) is 17.0 Å². The Morgan fingerprint density at radius 2 is 1.73 bits per heavy atom. The number of likely N-dealkylation sites (tertiary alicyclic amines) is 2. The molecule has 218 valence electrons. The third-order valence-electron chi connectivity index (χ3n) is 7.35. The molecule has 41 heavy (non-hydrogen) atoms. The fourth-order valence-electron chi connectivity index (χ4n) is 5.17. The number of benzene rings is 2. The van der Waals surface area contributed by atoms with E-state index in [2.05, 4.69) is 10.2 Å². The number of hydrogen-bond acceptors (Lipinski definition) is 6. The summed E-state index contributed by atoms with van der Waals surface area (Å²) in [6.07, 6.45) is -1.72. The summed E-state index contributed by atoms with van der Waals surface area (Å²) in [6.45, 7) is 7.68. The molecule has 1 aromatic heterocycles. The van der Waals surface area contributed by atoms with Gasteiger partial charge in [0.05, 0.1) is 6.54 Å². The molecule has 0 aliphatic carbocycles. The summed E-state index contributed by atoms with van der Waals surface area (Å²) in [4.78, 5) is 31.1. The fourth-order valence-corrected chi connectivity index (χ4v) is 5.17. The van der Waals surface area contributed by atoms with Gasteiger partial charge in [0.2, 0.25) is 5.89 Å². The van der Waals surface area contributed by atoms with Crippen molar-refractivity contribution in [1.29, 1.82) is 0 Å². The van der Waals surface area contributed by atoms with Crippen LogP contribution in [-0.2, 0) is 11.3 Å². The molecular formula is C29H32F3N5O4. The van der Waals surface area contributed by atoms with Gasteiger partial charge in [-0.05, 0) is 57.9 Å². The second-order valence-electron chi connectivity index (χ2n) is 11.6. The highest BCUT2D eigenvalue weighted by atomic mass is 19.3. The van der Waals surface area contributed by atoms with E-state index in [-0.39, 0.29) is 41.1 Å². The van der Waals surface area contributed by atoms with Gasteiger partial charge in [-0.15, -0.1) is 10.2 Å². The summed E-state index contributed by atoms with van der Waals surface area (Å²) in [6, 6.07) is 12.8. The van der Waals surface area contributed by atoms with Crippen molar-refractivity contribution in [3.8, 4) is 11.5 Å². The molecule has 5 rings (SSSR count). The Labute approximate surface area is 235 Å². The number of aromatic nitrogens is 2. The number of hydrogen-bond donors (Lipinski definition) is 0. The maximum atomic E-state index is 15.2. The molecule has 0 bridgehead atoms. The monoisotopic (exact) mass is 571 g/mol. The molecule has 9 nitrogen and oxygen atoms in total. The lowest BCUT2D eigenvalue weighted by Gasteiger charge is -2.54. The Kier molecular flexibility index (Phi) is 7.67. The maximum Gasteiger partial charge on any atom is 0.410 e. The van der Waals surface area contributed by atoms with E-state index in [4.69, 9.17) is 9.15 Å². The van der Waals surface area contributed by atoms with E-state index in [1.807, 2.05) is 26.8 Å². The Morgan fingerprint density at radius 1 is 1.05 bits per heavy atom. The predicted octanol–water partition coefficient (Wildman–Crippen LogP) is 6.27. The Bertz CT molecular complexity index is 1390. The molecule has 2 fully saturated rings. The number of para-hydroxylation sites is 1. The van der Waals surface area contributed by atoms with Crippen LogP contribution in [0, 0.1) is 11.2 Å². The van der Waals surface area contributed by atoms with Gasteiger partial charge in [0.15, 0.2) is 0 Å². The first-order valence-corrected chi connectivity index (χ1v) is 13.4. The first kappa shape index (κ1) is 28.4. The zero-order valence-corrected chi connectivity index (χ0v) is 23.1. The van der Waals surface area contributed by atoms with Gasteiger partial charge in [0.1, 0.15) is 11.4 Å². The molecule has 0 unspecified atom stereocenters. The summed E-state index contributed by atoms with van der Waals surface area (Å²) in [5.74, 6) is -1.69. The van der Waals surface area contributed by atoms with Crippen LogP contribution in [0.25, 0.3) is 11.5 Å². The van der Waals surface area contributed by atoms with Crippen molar-refractivity contribution in [1.82, 2.24) is 20.0 Å². The molecule has 2 aliphatic heterocycles. The smallest absolute Gasteiger partial charge is 0.410 e. The highest BCUT2D eigenvalue weighted by molar-refractivity contribution is 5.92. The molecule has 0 saturated carbocycles. The van der Waals surface area contributed by atoms with E-state index >= 15 is 4.39 Å². The fraction of sp³-hybridized carbons (Fsp3) is 0.448.